The molecule has 0 aromatic rings. The minimum atomic E-state index is -0.663. The molecular formula is C28H44O2. The van der Waals surface area contributed by atoms with Crippen LogP contribution in [0.25, 0.3) is 0 Å². The standard InChI is InChI=1S/C28H44O2/c1-19-10-14-24(29)18-23(19)13-12-22-8-7-17-28(6)25(15-16-26(22)28)20(2)9-11-21(3)27(4,5)30/h9,11-13,20-21,24-26,29-30H,1,7-8,10,14-18H2,2-6H3/b11-9+,22-12+,23-13-/t20-,21?,24+,25-,26?,28-/m1/s1. The molecule has 0 amide bonds. The molecule has 2 heteroatoms. The molecule has 0 aliphatic heterocycles. The van der Waals surface area contributed by atoms with Gasteiger partial charge in [-0.3, -0.25) is 0 Å². The van der Waals surface area contributed by atoms with Crippen LogP contribution in [0.15, 0.2) is 47.6 Å². The maximum Gasteiger partial charge on any atom is 0.0651 e. The first kappa shape index (κ1) is 23.5. The molecule has 3 fully saturated rings. The summed E-state index contributed by atoms with van der Waals surface area (Å²) < 4.78 is 0. The second-order valence-electron chi connectivity index (χ2n) is 11.2. The molecule has 0 radical (unpaired) electrons. The molecule has 3 saturated carbocycles. The molecule has 2 nitrogen and oxygen atoms in total. The highest BCUT2D eigenvalue weighted by atomic mass is 16.3. The van der Waals surface area contributed by atoms with Crippen LogP contribution in [0.4, 0.5) is 0 Å². The Morgan fingerprint density at radius 1 is 1.10 bits per heavy atom. The van der Waals surface area contributed by atoms with E-state index >= 15 is 0 Å². The Balaban J connectivity index is 1.75. The maximum absolute atomic E-state index is 10.3. The third-order valence-electron chi connectivity index (χ3n) is 8.68. The maximum atomic E-state index is 10.3. The summed E-state index contributed by atoms with van der Waals surface area (Å²) >= 11 is 0. The molecule has 3 aliphatic rings. The van der Waals surface area contributed by atoms with Gasteiger partial charge >= 0.3 is 0 Å². The van der Waals surface area contributed by atoms with E-state index in [1.54, 1.807) is 5.57 Å². The molecule has 2 unspecified atom stereocenters. The highest BCUT2D eigenvalue weighted by Gasteiger charge is 2.50. The summed E-state index contributed by atoms with van der Waals surface area (Å²) in [5.74, 6) is 2.08. The number of aliphatic hydroxyl groups excluding tert-OH is 1. The monoisotopic (exact) mass is 412 g/mol. The van der Waals surface area contributed by atoms with Crippen LogP contribution in [-0.4, -0.2) is 21.9 Å². The molecule has 0 saturated heterocycles. The van der Waals surface area contributed by atoms with E-state index in [4.69, 9.17) is 0 Å². The summed E-state index contributed by atoms with van der Waals surface area (Å²) in [4.78, 5) is 0. The number of aliphatic hydroxyl groups is 2. The molecule has 0 heterocycles. The van der Waals surface area contributed by atoms with Crippen molar-refractivity contribution < 1.29 is 10.2 Å². The van der Waals surface area contributed by atoms with Crippen molar-refractivity contribution in [1.29, 1.82) is 0 Å². The van der Waals surface area contributed by atoms with Crippen molar-refractivity contribution in [2.24, 2.45) is 29.1 Å². The average molecular weight is 413 g/mol. The van der Waals surface area contributed by atoms with E-state index in [2.05, 4.69) is 51.7 Å². The smallest absolute Gasteiger partial charge is 0.0651 e. The summed E-state index contributed by atoms with van der Waals surface area (Å²) in [7, 11) is 0. The lowest BCUT2D eigenvalue weighted by Crippen LogP contribution is -2.35. The van der Waals surface area contributed by atoms with E-state index in [1.807, 2.05) is 13.8 Å². The molecule has 0 bridgehead atoms. The van der Waals surface area contributed by atoms with Gasteiger partial charge in [-0.1, -0.05) is 62.8 Å². The first-order chi connectivity index (χ1) is 14.0. The predicted octanol–water partition coefficient (Wildman–Crippen LogP) is 6.76. The number of hydrogen-bond acceptors (Lipinski definition) is 2. The van der Waals surface area contributed by atoms with Gasteiger partial charge in [0.25, 0.3) is 0 Å². The van der Waals surface area contributed by atoms with Gasteiger partial charge in [0, 0.05) is 5.92 Å². The van der Waals surface area contributed by atoms with Crippen LogP contribution in [0, 0.1) is 29.1 Å². The lowest BCUT2D eigenvalue weighted by molar-refractivity contribution is 0.0436. The van der Waals surface area contributed by atoms with Crippen molar-refractivity contribution in [2.45, 2.75) is 97.7 Å². The van der Waals surface area contributed by atoms with Crippen molar-refractivity contribution in [3.8, 4) is 0 Å². The first-order valence-corrected chi connectivity index (χ1v) is 12.2. The Bertz CT molecular complexity index is 719. The summed E-state index contributed by atoms with van der Waals surface area (Å²) in [6.45, 7) is 15.0. The van der Waals surface area contributed by atoms with Crippen LogP contribution >= 0.6 is 0 Å². The second kappa shape index (κ2) is 9.17. The predicted molar refractivity (Wildman–Crippen MR) is 127 cm³/mol. The largest absolute Gasteiger partial charge is 0.393 e. The number of fused-ring (bicyclic) bond motifs is 1. The van der Waals surface area contributed by atoms with Crippen LogP contribution in [0.5, 0.6) is 0 Å². The second-order valence-corrected chi connectivity index (χ2v) is 11.2. The molecule has 0 aromatic heterocycles. The van der Waals surface area contributed by atoms with Gasteiger partial charge in [0.05, 0.1) is 11.7 Å². The molecular weight excluding hydrogens is 368 g/mol. The average Bonchev–Trinajstić information content (AvgIpc) is 3.03. The number of hydrogen-bond donors (Lipinski definition) is 2. The van der Waals surface area contributed by atoms with E-state index in [9.17, 15) is 10.2 Å². The number of rotatable bonds is 5. The van der Waals surface area contributed by atoms with Gasteiger partial charge < -0.3 is 10.2 Å². The molecule has 6 atom stereocenters. The van der Waals surface area contributed by atoms with E-state index in [-0.39, 0.29) is 12.0 Å². The SMILES string of the molecule is C=C1CC[C@H](O)C/C1=C/C=C1\CCC[C@@]2(C)C1CC[C@@H]2[C@H](C)/C=C/C(C)C(C)(C)O. The Morgan fingerprint density at radius 3 is 2.53 bits per heavy atom. The lowest BCUT2D eigenvalue weighted by atomic mass is 9.61. The summed E-state index contributed by atoms with van der Waals surface area (Å²) in [5, 5.41) is 20.3. The van der Waals surface area contributed by atoms with Gasteiger partial charge in [0.2, 0.25) is 0 Å². The van der Waals surface area contributed by atoms with Crippen molar-refractivity contribution >= 4 is 0 Å². The minimum absolute atomic E-state index is 0.164. The van der Waals surface area contributed by atoms with E-state index in [0.717, 1.165) is 19.3 Å². The molecule has 168 valence electrons. The zero-order chi connectivity index (χ0) is 22.1. The van der Waals surface area contributed by atoms with Crippen LogP contribution < -0.4 is 0 Å². The highest BCUT2D eigenvalue weighted by Crippen LogP contribution is 2.59. The highest BCUT2D eigenvalue weighted by molar-refractivity contribution is 5.36. The van der Waals surface area contributed by atoms with E-state index < -0.39 is 5.60 Å². The molecule has 2 N–H and O–H groups in total. The summed E-state index contributed by atoms with van der Waals surface area (Å²) in [5.41, 5.74) is 3.78. The molecule has 0 aromatic carbocycles. The zero-order valence-electron chi connectivity index (χ0n) is 20.0. The summed E-state index contributed by atoms with van der Waals surface area (Å²) in [6.07, 6.45) is 18.0. The van der Waals surface area contributed by atoms with Crippen LogP contribution in [0.1, 0.15) is 86.0 Å². The fraction of sp³-hybridized carbons (Fsp3) is 0.714. The van der Waals surface area contributed by atoms with Gasteiger partial charge in [-0.25, -0.2) is 0 Å². The van der Waals surface area contributed by atoms with Gasteiger partial charge in [0.15, 0.2) is 0 Å². The van der Waals surface area contributed by atoms with Crippen LogP contribution in [-0.2, 0) is 0 Å². The first-order valence-electron chi connectivity index (χ1n) is 12.2. The Kier molecular flexibility index (Phi) is 7.19. The van der Waals surface area contributed by atoms with Gasteiger partial charge in [-0.2, -0.15) is 0 Å². The van der Waals surface area contributed by atoms with Gasteiger partial charge in [0.1, 0.15) is 0 Å². The van der Waals surface area contributed by atoms with Crippen molar-refractivity contribution in [2.75, 3.05) is 0 Å². The third kappa shape index (κ3) is 5.02. The Hall–Kier alpha value is -1.12. The summed E-state index contributed by atoms with van der Waals surface area (Å²) in [6, 6.07) is 0. The zero-order valence-corrected chi connectivity index (χ0v) is 20.0. The molecule has 0 spiro atoms. The molecule has 3 aliphatic carbocycles. The van der Waals surface area contributed by atoms with Crippen molar-refractivity contribution in [3.05, 3.63) is 47.6 Å². The fourth-order valence-electron chi connectivity index (χ4n) is 6.25. The van der Waals surface area contributed by atoms with Crippen LogP contribution in [0.3, 0.4) is 0 Å². The van der Waals surface area contributed by atoms with Crippen molar-refractivity contribution in [3.63, 3.8) is 0 Å². The topological polar surface area (TPSA) is 40.5 Å². The van der Waals surface area contributed by atoms with E-state index in [0.29, 0.717) is 23.2 Å². The van der Waals surface area contributed by atoms with Crippen molar-refractivity contribution in [1.82, 2.24) is 0 Å². The molecule has 30 heavy (non-hydrogen) atoms. The normalized spacial score (nSPS) is 37.7. The van der Waals surface area contributed by atoms with Gasteiger partial charge in [-0.15, -0.1) is 0 Å². The van der Waals surface area contributed by atoms with E-state index in [1.165, 1.54) is 43.3 Å². The third-order valence-corrected chi connectivity index (χ3v) is 8.68. The Labute approximate surface area is 184 Å². The quantitative estimate of drug-likeness (QED) is 0.490. The Morgan fingerprint density at radius 2 is 1.83 bits per heavy atom. The lowest BCUT2D eigenvalue weighted by Gasteiger charge is -2.44. The van der Waals surface area contributed by atoms with Gasteiger partial charge in [-0.05, 0) is 94.0 Å². The molecule has 3 rings (SSSR count). The van der Waals surface area contributed by atoms with Crippen LogP contribution in [0.2, 0.25) is 0 Å². The minimum Gasteiger partial charge on any atom is -0.393 e. The fourth-order valence-corrected chi connectivity index (χ4v) is 6.25. The number of allylic oxidation sites excluding steroid dienone is 5.